The van der Waals surface area contributed by atoms with E-state index in [4.69, 9.17) is 15.6 Å². The largest absolute Gasteiger partial charge is 0.481 e. The van der Waals surface area contributed by atoms with Crippen molar-refractivity contribution in [2.75, 3.05) is 19.8 Å². The Morgan fingerprint density at radius 2 is 2.18 bits per heavy atom. The standard InChI is InChI=1S/C11H20N2O4/c1-10(2,9(15)16)3-5-13-8(14)11(12)4-6-17-7-11/h3-7,12H2,1-2H3,(H,13,14)(H,15,16). The Hall–Kier alpha value is -1.14. The van der Waals surface area contributed by atoms with Crippen molar-refractivity contribution >= 4 is 11.9 Å². The van der Waals surface area contributed by atoms with Crippen LogP contribution in [0.3, 0.4) is 0 Å². The second kappa shape index (κ2) is 5.01. The zero-order chi connectivity index (χ0) is 13.1. The van der Waals surface area contributed by atoms with Gasteiger partial charge in [0, 0.05) is 13.2 Å². The van der Waals surface area contributed by atoms with E-state index in [2.05, 4.69) is 5.32 Å². The van der Waals surface area contributed by atoms with E-state index in [-0.39, 0.29) is 12.5 Å². The molecule has 1 unspecified atom stereocenters. The van der Waals surface area contributed by atoms with Crippen LogP contribution in [0.5, 0.6) is 0 Å². The van der Waals surface area contributed by atoms with E-state index in [0.29, 0.717) is 26.0 Å². The van der Waals surface area contributed by atoms with Gasteiger partial charge in [0.05, 0.1) is 12.0 Å². The van der Waals surface area contributed by atoms with Crippen molar-refractivity contribution in [2.24, 2.45) is 11.1 Å². The molecule has 0 aromatic carbocycles. The highest BCUT2D eigenvalue weighted by Gasteiger charge is 2.38. The molecular weight excluding hydrogens is 224 g/mol. The van der Waals surface area contributed by atoms with Crippen LogP contribution in [0, 0.1) is 5.41 Å². The van der Waals surface area contributed by atoms with Gasteiger partial charge in [-0.1, -0.05) is 0 Å². The van der Waals surface area contributed by atoms with Crippen LogP contribution in [0.25, 0.3) is 0 Å². The van der Waals surface area contributed by atoms with E-state index >= 15 is 0 Å². The smallest absolute Gasteiger partial charge is 0.309 e. The molecule has 0 aromatic rings. The van der Waals surface area contributed by atoms with Crippen molar-refractivity contribution in [2.45, 2.75) is 32.2 Å². The van der Waals surface area contributed by atoms with Gasteiger partial charge in [0.1, 0.15) is 5.54 Å². The number of carboxylic acids is 1. The summed E-state index contributed by atoms with van der Waals surface area (Å²) in [6, 6.07) is 0. The predicted octanol–water partition coefficient (Wildman–Crippen LogP) is -0.279. The number of carboxylic acid groups (broad SMARTS) is 1. The number of amides is 1. The Labute approximate surface area is 101 Å². The number of nitrogens with two attached hydrogens (primary N) is 1. The van der Waals surface area contributed by atoms with E-state index < -0.39 is 16.9 Å². The Kier molecular flexibility index (Phi) is 4.11. The summed E-state index contributed by atoms with van der Waals surface area (Å²) in [5.41, 5.74) is 4.06. The zero-order valence-electron chi connectivity index (χ0n) is 10.3. The van der Waals surface area contributed by atoms with Gasteiger partial charge < -0.3 is 20.9 Å². The number of nitrogens with one attached hydrogen (secondary N) is 1. The maximum Gasteiger partial charge on any atom is 0.309 e. The lowest BCUT2D eigenvalue weighted by atomic mass is 9.89. The van der Waals surface area contributed by atoms with Gasteiger partial charge in [-0.25, -0.2) is 0 Å². The molecule has 1 atom stereocenters. The molecule has 0 spiro atoms. The van der Waals surface area contributed by atoms with Gasteiger partial charge in [-0.2, -0.15) is 0 Å². The molecule has 6 nitrogen and oxygen atoms in total. The van der Waals surface area contributed by atoms with E-state index in [1.54, 1.807) is 13.8 Å². The van der Waals surface area contributed by atoms with Crippen molar-refractivity contribution in [3.05, 3.63) is 0 Å². The monoisotopic (exact) mass is 244 g/mol. The summed E-state index contributed by atoms with van der Waals surface area (Å²) >= 11 is 0. The molecule has 1 fully saturated rings. The van der Waals surface area contributed by atoms with Gasteiger partial charge in [-0.05, 0) is 26.7 Å². The molecule has 17 heavy (non-hydrogen) atoms. The van der Waals surface area contributed by atoms with Gasteiger partial charge in [-0.3, -0.25) is 9.59 Å². The predicted molar refractivity (Wildman–Crippen MR) is 61.4 cm³/mol. The van der Waals surface area contributed by atoms with Crippen molar-refractivity contribution < 1.29 is 19.4 Å². The quantitative estimate of drug-likeness (QED) is 0.617. The van der Waals surface area contributed by atoms with Crippen molar-refractivity contribution in [3.8, 4) is 0 Å². The fraction of sp³-hybridized carbons (Fsp3) is 0.818. The third-order valence-corrected chi connectivity index (χ3v) is 3.12. The Bertz CT molecular complexity index is 309. The van der Waals surface area contributed by atoms with E-state index in [1.807, 2.05) is 0 Å². The summed E-state index contributed by atoms with van der Waals surface area (Å²) in [6.07, 6.45) is 0.867. The van der Waals surface area contributed by atoms with Gasteiger partial charge in [0.15, 0.2) is 0 Å². The van der Waals surface area contributed by atoms with Gasteiger partial charge in [0.2, 0.25) is 5.91 Å². The van der Waals surface area contributed by atoms with Crippen LogP contribution in [0.2, 0.25) is 0 Å². The van der Waals surface area contributed by atoms with Crippen LogP contribution in [0.15, 0.2) is 0 Å². The fourth-order valence-electron chi connectivity index (χ4n) is 1.53. The molecule has 98 valence electrons. The molecule has 0 saturated carbocycles. The lowest BCUT2D eigenvalue weighted by Gasteiger charge is -2.23. The first-order valence-corrected chi connectivity index (χ1v) is 5.66. The first-order valence-electron chi connectivity index (χ1n) is 5.66. The maximum absolute atomic E-state index is 11.8. The number of carbonyl (C=O) groups excluding carboxylic acids is 1. The van der Waals surface area contributed by atoms with Gasteiger partial charge in [-0.15, -0.1) is 0 Å². The Balaban J connectivity index is 2.37. The number of hydrogen-bond acceptors (Lipinski definition) is 4. The molecule has 6 heteroatoms. The van der Waals surface area contributed by atoms with Crippen molar-refractivity contribution in [1.82, 2.24) is 5.32 Å². The summed E-state index contributed by atoms with van der Waals surface area (Å²) in [5.74, 6) is -1.14. The van der Waals surface area contributed by atoms with Crippen molar-refractivity contribution in [3.63, 3.8) is 0 Å². The topological polar surface area (TPSA) is 102 Å². The molecule has 4 N–H and O–H groups in total. The summed E-state index contributed by atoms with van der Waals surface area (Å²) in [5, 5.41) is 11.6. The van der Waals surface area contributed by atoms with Gasteiger partial charge in [0.25, 0.3) is 0 Å². The summed E-state index contributed by atoms with van der Waals surface area (Å²) < 4.78 is 5.09. The van der Waals surface area contributed by atoms with E-state index in [9.17, 15) is 9.59 Å². The molecular formula is C11H20N2O4. The second-order valence-corrected chi connectivity index (χ2v) is 5.15. The number of aliphatic carboxylic acids is 1. The lowest BCUT2D eigenvalue weighted by molar-refractivity contribution is -0.147. The average Bonchev–Trinajstić information content (AvgIpc) is 2.66. The average molecular weight is 244 g/mol. The minimum absolute atomic E-state index is 0.223. The molecule has 1 amide bonds. The minimum Gasteiger partial charge on any atom is -0.481 e. The molecule has 1 rings (SSSR count). The highest BCUT2D eigenvalue weighted by molar-refractivity contribution is 5.86. The van der Waals surface area contributed by atoms with Crippen LogP contribution < -0.4 is 11.1 Å². The van der Waals surface area contributed by atoms with Gasteiger partial charge >= 0.3 is 5.97 Å². The first-order chi connectivity index (χ1) is 7.78. The highest BCUT2D eigenvalue weighted by atomic mass is 16.5. The van der Waals surface area contributed by atoms with E-state index in [1.165, 1.54) is 0 Å². The zero-order valence-corrected chi connectivity index (χ0v) is 10.3. The van der Waals surface area contributed by atoms with Crippen molar-refractivity contribution in [1.29, 1.82) is 0 Å². The highest BCUT2D eigenvalue weighted by Crippen LogP contribution is 2.20. The summed E-state index contributed by atoms with van der Waals surface area (Å²) in [6.45, 7) is 4.26. The maximum atomic E-state index is 11.8. The first kappa shape index (κ1) is 13.9. The summed E-state index contributed by atoms with van der Waals surface area (Å²) in [4.78, 5) is 22.6. The SMILES string of the molecule is CC(C)(CCNC(=O)C1(N)CCOC1)C(=O)O. The molecule has 1 aliphatic heterocycles. The van der Waals surface area contributed by atoms with Crippen LogP contribution >= 0.6 is 0 Å². The Morgan fingerprint density at radius 1 is 1.53 bits per heavy atom. The molecule has 0 bridgehead atoms. The fourth-order valence-corrected chi connectivity index (χ4v) is 1.53. The molecule has 0 aliphatic carbocycles. The van der Waals surface area contributed by atoms with Crippen LogP contribution in [0.1, 0.15) is 26.7 Å². The normalized spacial score (nSPS) is 24.6. The minimum atomic E-state index is -0.951. The number of rotatable bonds is 5. The van der Waals surface area contributed by atoms with Crippen LogP contribution in [-0.2, 0) is 14.3 Å². The third kappa shape index (κ3) is 3.41. The van der Waals surface area contributed by atoms with Crippen LogP contribution in [-0.4, -0.2) is 42.3 Å². The molecule has 1 heterocycles. The molecule has 1 aliphatic rings. The molecule has 0 aromatic heterocycles. The molecule has 0 radical (unpaired) electrons. The summed E-state index contributed by atoms with van der Waals surface area (Å²) in [7, 11) is 0. The van der Waals surface area contributed by atoms with Crippen LogP contribution in [0.4, 0.5) is 0 Å². The molecule has 1 saturated heterocycles. The Morgan fingerprint density at radius 3 is 2.65 bits per heavy atom. The number of hydrogen-bond donors (Lipinski definition) is 3. The van der Waals surface area contributed by atoms with E-state index in [0.717, 1.165) is 0 Å². The lowest BCUT2D eigenvalue weighted by Crippen LogP contribution is -2.55. The number of carbonyl (C=O) groups is 2. The third-order valence-electron chi connectivity index (χ3n) is 3.12. The second-order valence-electron chi connectivity index (χ2n) is 5.15. The number of ether oxygens (including phenoxy) is 1.